The van der Waals surface area contributed by atoms with Crippen LogP contribution in [0.25, 0.3) is 11.0 Å². The van der Waals surface area contributed by atoms with Crippen molar-refractivity contribution in [3.8, 4) is 17.2 Å². The van der Waals surface area contributed by atoms with Crippen LogP contribution in [0.15, 0.2) is 57.7 Å². The van der Waals surface area contributed by atoms with Crippen molar-refractivity contribution in [2.24, 2.45) is 0 Å². The molecule has 0 unspecified atom stereocenters. The maximum Gasteiger partial charge on any atom is 0.383 e. The molecule has 2 aromatic carbocycles. The van der Waals surface area contributed by atoms with Gasteiger partial charge in [-0.15, -0.1) is 0 Å². The Bertz CT molecular complexity index is 1200. The summed E-state index contributed by atoms with van der Waals surface area (Å²) in [5.74, 6) is -1.95. The van der Waals surface area contributed by atoms with Crippen molar-refractivity contribution < 1.29 is 49.0 Å². The molecule has 33 heavy (non-hydrogen) atoms. The van der Waals surface area contributed by atoms with E-state index in [0.717, 1.165) is 0 Å². The second-order valence-corrected chi connectivity index (χ2v) is 7.30. The van der Waals surface area contributed by atoms with Gasteiger partial charge in [0.1, 0.15) is 35.7 Å². The van der Waals surface area contributed by atoms with E-state index in [4.69, 9.17) is 18.6 Å². The Morgan fingerprint density at radius 3 is 2.42 bits per heavy atom. The van der Waals surface area contributed by atoms with Gasteiger partial charge in [0.05, 0.1) is 17.6 Å². The van der Waals surface area contributed by atoms with Crippen molar-refractivity contribution in [2.75, 3.05) is 6.61 Å². The standard InChI is InChI=1S/C22H20O11/c23-9-14-16(25)17(26)18(27)22(32-14)33-19-15(24)12-7-6-11(8-13(12)31-21(19)29)30-20(28)10-4-2-1-3-5-10/h1-8,14,16-18,22-27H,9H2/t14-,16-,17+,18-,22+/m1/s1. The molecule has 3 aromatic rings. The van der Waals surface area contributed by atoms with E-state index < -0.39 is 60.4 Å². The SMILES string of the molecule is O=C(Oc1ccc2c(O)c(O[C@@H]3O[C@H](CO)[C@@H](O)[C@H](O)[C@H]3O)c(=O)oc2c1)c1ccccc1. The number of ether oxygens (including phenoxy) is 3. The smallest absolute Gasteiger partial charge is 0.383 e. The van der Waals surface area contributed by atoms with Crippen molar-refractivity contribution >= 4 is 16.9 Å². The number of aliphatic hydroxyl groups is 4. The van der Waals surface area contributed by atoms with E-state index in [1.54, 1.807) is 30.3 Å². The van der Waals surface area contributed by atoms with Gasteiger partial charge in [0, 0.05) is 6.07 Å². The average Bonchev–Trinajstić information content (AvgIpc) is 2.82. The lowest BCUT2D eigenvalue weighted by Crippen LogP contribution is -2.60. The first-order valence-corrected chi connectivity index (χ1v) is 9.84. The predicted molar refractivity (Wildman–Crippen MR) is 110 cm³/mol. The maximum absolute atomic E-state index is 12.4. The Hall–Kier alpha value is -3.48. The third kappa shape index (κ3) is 4.40. The normalized spacial score (nSPS) is 25.0. The zero-order valence-corrected chi connectivity index (χ0v) is 16.9. The lowest BCUT2D eigenvalue weighted by molar-refractivity contribution is -0.278. The minimum atomic E-state index is -1.79. The fourth-order valence-corrected chi connectivity index (χ4v) is 3.34. The zero-order chi connectivity index (χ0) is 23.7. The van der Waals surface area contributed by atoms with Crippen molar-refractivity contribution in [1.29, 1.82) is 0 Å². The van der Waals surface area contributed by atoms with Gasteiger partial charge >= 0.3 is 11.6 Å². The number of esters is 1. The number of fused-ring (bicyclic) bond motifs is 1. The molecule has 1 aromatic heterocycles. The van der Waals surface area contributed by atoms with Gasteiger partial charge in [0.15, 0.2) is 5.75 Å². The molecule has 11 nitrogen and oxygen atoms in total. The number of carbonyl (C=O) groups excluding carboxylic acids is 1. The van der Waals surface area contributed by atoms with Crippen molar-refractivity contribution in [3.05, 3.63) is 64.5 Å². The number of aliphatic hydroxyl groups excluding tert-OH is 4. The summed E-state index contributed by atoms with van der Waals surface area (Å²) in [4.78, 5) is 24.6. The van der Waals surface area contributed by atoms with Crippen LogP contribution in [-0.4, -0.2) is 68.8 Å². The van der Waals surface area contributed by atoms with Crippen LogP contribution in [0.2, 0.25) is 0 Å². The molecular weight excluding hydrogens is 440 g/mol. The highest BCUT2D eigenvalue weighted by molar-refractivity contribution is 5.92. The lowest BCUT2D eigenvalue weighted by Gasteiger charge is -2.39. The minimum Gasteiger partial charge on any atom is -0.504 e. The van der Waals surface area contributed by atoms with Gasteiger partial charge in [-0.3, -0.25) is 0 Å². The number of benzene rings is 2. The zero-order valence-electron chi connectivity index (χ0n) is 16.9. The molecule has 1 aliphatic rings. The Balaban J connectivity index is 1.60. The lowest BCUT2D eigenvalue weighted by atomic mass is 9.99. The molecule has 2 heterocycles. The van der Waals surface area contributed by atoms with E-state index in [2.05, 4.69) is 0 Å². The van der Waals surface area contributed by atoms with E-state index in [9.17, 15) is 35.1 Å². The van der Waals surface area contributed by atoms with Crippen LogP contribution >= 0.6 is 0 Å². The minimum absolute atomic E-state index is 0.0219. The van der Waals surface area contributed by atoms with E-state index in [-0.39, 0.29) is 16.7 Å². The third-order valence-corrected chi connectivity index (χ3v) is 5.11. The highest BCUT2D eigenvalue weighted by Gasteiger charge is 2.45. The molecular formula is C22H20O11. The molecule has 5 atom stereocenters. The molecule has 0 aliphatic carbocycles. The first kappa shape index (κ1) is 22.7. The van der Waals surface area contributed by atoms with Crippen molar-refractivity contribution in [2.45, 2.75) is 30.7 Å². The van der Waals surface area contributed by atoms with Crippen LogP contribution in [0.3, 0.4) is 0 Å². The molecule has 11 heteroatoms. The first-order chi connectivity index (χ1) is 15.8. The van der Waals surface area contributed by atoms with E-state index >= 15 is 0 Å². The fraction of sp³-hybridized carbons (Fsp3) is 0.273. The summed E-state index contributed by atoms with van der Waals surface area (Å²) >= 11 is 0. The van der Waals surface area contributed by atoms with E-state index in [1.807, 2.05) is 0 Å². The molecule has 0 radical (unpaired) electrons. The highest BCUT2D eigenvalue weighted by Crippen LogP contribution is 2.35. The molecule has 0 saturated carbocycles. The largest absolute Gasteiger partial charge is 0.504 e. The average molecular weight is 460 g/mol. The number of hydrogen-bond acceptors (Lipinski definition) is 11. The fourth-order valence-electron chi connectivity index (χ4n) is 3.34. The van der Waals surface area contributed by atoms with Gasteiger partial charge in [0.2, 0.25) is 6.29 Å². The monoisotopic (exact) mass is 460 g/mol. The summed E-state index contributed by atoms with van der Waals surface area (Å²) in [5.41, 5.74) is -0.953. The number of hydrogen-bond donors (Lipinski definition) is 5. The predicted octanol–water partition coefficient (Wildman–Crippen LogP) is -0.104. The molecule has 4 rings (SSSR count). The Morgan fingerprint density at radius 2 is 1.73 bits per heavy atom. The summed E-state index contributed by atoms with van der Waals surface area (Å²) in [5, 5.41) is 49.6. The summed E-state index contributed by atoms with van der Waals surface area (Å²) < 4.78 is 20.8. The van der Waals surface area contributed by atoms with Gasteiger partial charge in [-0.25, -0.2) is 9.59 Å². The Morgan fingerprint density at radius 1 is 1.00 bits per heavy atom. The molecule has 1 fully saturated rings. The molecule has 0 spiro atoms. The molecule has 0 bridgehead atoms. The second kappa shape index (κ2) is 9.17. The van der Waals surface area contributed by atoms with Crippen LogP contribution in [0, 0.1) is 0 Å². The molecule has 1 saturated heterocycles. The van der Waals surface area contributed by atoms with Crippen LogP contribution in [0.4, 0.5) is 0 Å². The van der Waals surface area contributed by atoms with E-state index in [1.165, 1.54) is 18.2 Å². The van der Waals surface area contributed by atoms with Crippen molar-refractivity contribution in [3.63, 3.8) is 0 Å². The van der Waals surface area contributed by atoms with Crippen LogP contribution in [0.1, 0.15) is 10.4 Å². The van der Waals surface area contributed by atoms with Crippen LogP contribution in [0.5, 0.6) is 17.2 Å². The summed E-state index contributed by atoms with van der Waals surface area (Å²) in [6.45, 7) is -0.701. The second-order valence-electron chi connectivity index (χ2n) is 7.30. The molecule has 174 valence electrons. The summed E-state index contributed by atoms with van der Waals surface area (Å²) in [6.07, 6.45) is -8.12. The van der Waals surface area contributed by atoms with Gasteiger partial charge in [-0.05, 0) is 24.3 Å². The molecule has 5 N–H and O–H groups in total. The number of rotatable bonds is 5. The quantitative estimate of drug-likeness (QED) is 0.195. The Kier molecular flexibility index (Phi) is 6.31. The molecule has 0 amide bonds. The van der Waals surface area contributed by atoms with Gasteiger partial charge in [-0.1, -0.05) is 18.2 Å². The summed E-state index contributed by atoms with van der Waals surface area (Å²) in [7, 11) is 0. The third-order valence-electron chi connectivity index (χ3n) is 5.11. The number of carbonyl (C=O) groups is 1. The van der Waals surface area contributed by atoms with E-state index in [0.29, 0.717) is 5.56 Å². The van der Waals surface area contributed by atoms with Crippen LogP contribution in [-0.2, 0) is 4.74 Å². The molecule has 1 aliphatic heterocycles. The van der Waals surface area contributed by atoms with Crippen LogP contribution < -0.4 is 15.1 Å². The highest BCUT2D eigenvalue weighted by atomic mass is 16.7. The maximum atomic E-state index is 12.4. The van der Waals surface area contributed by atoms with Gasteiger partial charge < -0.3 is 44.2 Å². The van der Waals surface area contributed by atoms with Gasteiger partial charge in [0.25, 0.3) is 5.75 Å². The van der Waals surface area contributed by atoms with Crippen molar-refractivity contribution in [1.82, 2.24) is 0 Å². The Labute approximate surface area is 185 Å². The topological polar surface area (TPSA) is 176 Å². The summed E-state index contributed by atoms with van der Waals surface area (Å²) in [6, 6.07) is 12.1. The first-order valence-electron chi connectivity index (χ1n) is 9.84. The number of aromatic hydroxyl groups is 1. The van der Waals surface area contributed by atoms with Gasteiger partial charge in [-0.2, -0.15) is 0 Å².